The molecule has 1 saturated heterocycles. The molecule has 0 unspecified atom stereocenters. The summed E-state index contributed by atoms with van der Waals surface area (Å²) in [5.74, 6) is -0.150. The SMILES string of the molecule is C[C@@H](NC(=O)c1ccco1)C(=O)N1CCCC1. The smallest absolute Gasteiger partial charge is 0.287 e. The molecule has 0 saturated carbocycles. The van der Waals surface area contributed by atoms with Crippen LogP contribution in [0.4, 0.5) is 0 Å². The Morgan fingerprint density at radius 2 is 2.12 bits per heavy atom. The molecule has 1 aliphatic rings. The molecule has 1 aromatic rings. The average Bonchev–Trinajstić information content (AvgIpc) is 3.00. The van der Waals surface area contributed by atoms with Gasteiger partial charge in [-0.15, -0.1) is 0 Å². The van der Waals surface area contributed by atoms with Crippen LogP contribution in [-0.4, -0.2) is 35.8 Å². The summed E-state index contributed by atoms with van der Waals surface area (Å²) in [4.78, 5) is 25.4. The fourth-order valence-electron chi connectivity index (χ4n) is 1.95. The maximum Gasteiger partial charge on any atom is 0.287 e. The molecular weight excluding hydrogens is 220 g/mol. The second kappa shape index (κ2) is 5.03. The summed E-state index contributed by atoms with van der Waals surface area (Å²) >= 11 is 0. The van der Waals surface area contributed by atoms with Gasteiger partial charge < -0.3 is 14.6 Å². The number of nitrogens with one attached hydrogen (secondary N) is 1. The molecule has 1 N–H and O–H groups in total. The minimum atomic E-state index is -0.509. The molecule has 2 amide bonds. The van der Waals surface area contributed by atoms with Crippen LogP contribution in [0, 0.1) is 0 Å². The minimum Gasteiger partial charge on any atom is -0.459 e. The van der Waals surface area contributed by atoms with Crippen molar-refractivity contribution in [3.05, 3.63) is 24.2 Å². The number of nitrogens with zero attached hydrogens (tertiary/aromatic N) is 1. The highest BCUT2D eigenvalue weighted by Crippen LogP contribution is 2.09. The molecule has 0 aliphatic carbocycles. The van der Waals surface area contributed by atoms with Gasteiger partial charge in [0.15, 0.2) is 5.76 Å². The number of hydrogen-bond donors (Lipinski definition) is 1. The summed E-state index contributed by atoms with van der Waals surface area (Å²) < 4.78 is 4.96. The van der Waals surface area contributed by atoms with Gasteiger partial charge in [0.2, 0.25) is 5.91 Å². The number of likely N-dealkylation sites (tertiary alicyclic amines) is 1. The summed E-state index contributed by atoms with van der Waals surface area (Å²) in [6.45, 7) is 3.28. The van der Waals surface area contributed by atoms with Crippen molar-refractivity contribution in [2.24, 2.45) is 0 Å². The Hall–Kier alpha value is -1.78. The van der Waals surface area contributed by atoms with Crippen LogP contribution in [0.5, 0.6) is 0 Å². The van der Waals surface area contributed by atoms with Crippen LogP contribution in [-0.2, 0) is 4.79 Å². The van der Waals surface area contributed by atoms with E-state index >= 15 is 0 Å². The number of hydrogen-bond acceptors (Lipinski definition) is 3. The Bertz CT molecular complexity index is 394. The Morgan fingerprint density at radius 3 is 2.71 bits per heavy atom. The van der Waals surface area contributed by atoms with E-state index in [0.29, 0.717) is 0 Å². The second-order valence-corrected chi connectivity index (χ2v) is 4.20. The van der Waals surface area contributed by atoms with E-state index in [1.165, 1.54) is 6.26 Å². The van der Waals surface area contributed by atoms with Gasteiger partial charge in [-0.1, -0.05) is 0 Å². The first-order valence-electron chi connectivity index (χ1n) is 5.81. The van der Waals surface area contributed by atoms with Crippen molar-refractivity contribution in [2.75, 3.05) is 13.1 Å². The number of carbonyl (C=O) groups excluding carboxylic acids is 2. The Morgan fingerprint density at radius 1 is 1.41 bits per heavy atom. The first-order valence-corrected chi connectivity index (χ1v) is 5.81. The van der Waals surface area contributed by atoms with Crippen LogP contribution in [0.1, 0.15) is 30.3 Å². The summed E-state index contributed by atoms with van der Waals surface area (Å²) in [6.07, 6.45) is 3.52. The van der Waals surface area contributed by atoms with Crippen molar-refractivity contribution in [1.29, 1.82) is 0 Å². The first kappa shape index (κ1) is 11.7. The van der Waals surface area contributed by atoms with Crippen molar-refractivity contribution in [3.63, 3.8) is 0 Å². The molecule has 17 heavy (non-hydrogen) atoms. The average molecular weight is 236 g/mol. The van der Waals surface area contributed by atoms with Crippen LogP contribution in [0.25, 0.3) is 0 Å². The van der Waals surface area contributed by atoms with Crippen LogP contribution in [0.15, 0.2) is 22.8 Å². The van der Waals surface area contributed by atoms with E-state index in [-0.39, 0.29) is 17.6 Å². The van der Waals surface area contributed by atoms with E-state index < -0.39 is 6.04 Å². The molecule has 0 radical (unpaired) electrons. The molecule has 5 nitrogen and oxygen atoms in total. The molecular formula is C12H16N2O3. The molecule has 2 rings (SSSR count). The van der Waals surface area contributed by atoms with Crippen molar-refractivity contribution >= 4 is 11.8 Å². The maximum absolute atomic E-state index is 11.9. The highest BCUT2D eigenvalue weighted by Gasteiger charge is 2.25. The quantitative estimate of drug-likeness (QED) is 0.852. The van der Waals surface area contributed by atoms with Gasteiger partial charge in [-0.25, -0.2) is 0 Å². The molecule has 2 heterocycles. The second-order valence-electron chi connectivity index (χ2n) is 4.20. The largest absolute Gasteiger partial charge is 0.459 e. The molecule has 0 aromatic carbocycles. The van der Waals surface area contributed by atoms with Crippen LogP contribution >= 0.6 is 0 Å². The monoisotopic (exact) mass is 236 g/mol. The van der Waals surface area contributed by atoms with E-state index in [0.717, 1.165) is 25.9 Å². The van der Waals surface area contributed by atoms with Gasteiger partial charge in [0, 0.05) is 13.1 Å². The van der Waals surface area contributed by atoms with Crippen molar-refractivity contribution in [2.45, 2.75) is 25.8 Å². The van der Waals surface area contributed by atoms with Crippen molar-refractivity contribution in [1.82, 2.24) is 10.2 Å². The van der Waals surface area contributed by atoms with Gasteiger partial charge >= 0.3 is 0 Å². The molecule has 0 spiro atoms. The molecule has 92 valence electrons. The summed E-state index contributed by atoms with van der Waals surface area (Å²) in [5, 5.41) is 2.64. The van der Waals surface area contributed by atoms with E-state index in [4.69, 9.17) is 4.42 Å². The molecule has 1 aliphatic heterocycles. The predicted octanol–water partition coefficient (Wildman–Crippen LogP) is 1.02. The summed E-state index contributed by atoms with van der Waals surface area (Å²) in [7, 11) is 0. The topological polar surface area (TPSA) is 62.6 Å². The number of amides is 2. The van der Waals surface area contributed by atoms with E-state index in [1.54, 1.807) is 24.0 Å². The lowest BCUT2D eigenvalue weighted by atomic mass is 10.2. The van der Waals surface area contributed by atoms with Crippen LogP contribution < -0.4 is 5.32 Å². The van der Waals surface area contributed by atoms with Gasteiger partial charge in [-0.3, -0.25) is 9.59 Å². The summed E-state index contributed by atoms with van der Waals surface area (Å²) in [5.41, 5.74) is 0. The highest BCUT2D eigenvalue weighted by molar-refractivity contribution is 5.95. The zero-order valence-corrected chi connectivity index (χ0v) is 9.81. The predicted molar refractivity (Wildman–Crippen MR) is 61.5 cm³/mol. The third-order valence-corrected chi connectivity index (χ3v) is 2.88. The number of furan rings is 1. The lowest BCUT2D eigenvalue weighted by Gasteiger charge is -2.20. The van der Waals surface area contributed by atoms with E-state index in [1.807, 2.05) is 0 Å². The fourth-order valence-corrected chi connectivity index (χ4v) is 1.95. The van der Waals surface area contributed by atoms with Gasteiger partial charge in [0.25, 0.3) is 5.91 Å². The van der Waals surface area contributed by atoms with Crippen molar-refractivity contribution < 1.29 is 14.0 Å². The van der Waals surface area contributed by atoms with Crippen molar-refractivity contribution in [3.8, 4) is 0 Å². The summed E-state index contributed by atoms with van der Waals surface area (Å²) in [6, 6.07) is 2.70. The van der Waals surface area contributed by atoms with Crippen LogP contribution in [0.3, 0.4) is 0 Å². The van der Waals surface area contributed by atoms with Gasteiger partial charge in [0.1, 0.15) is 6.04 Å². The number of carbonyl (C=O) groups is 2. The molecule has 5 heteroatoms. The van der Waals surface area contributed by atoms with Gasteiger partial charge in [-0.05, 0) is 31.9 Å². The highest BCUT2D eigenvalue weighted by atomic mass is 16.3. The first-order chi connectivity index (χ1) is 8.18. The molecule has 1 atom stereocenters. The zero-order chi connectivity index (χ0) is 12.3. The zero-order valence-electron chi connectivity index (χ0n) is 9.81. The van der Waals surface area contributed by atoms with Gasteiger partial charge in [0.05, 0.1) is 6.26 Å². The molecule has 0 bridgehead atoms. The third-order valence-electron chi connectivity index (χ3n) is 2.88. The lowest BCUT2D eigenvalue weighted by Crippen LogP contribution is -2.45. The van der Waals surface area contributed by atoms with Gasteiger partial charge in [-0.2, -0.15) is 0 Å². The normalized spacial score (nSPS) is 16.9. The van der Waals surface area contributed by atoms with E-state index in [9.17, 15) is 9.59 Å². The molecule has 1 aromatic heterocycles. The standard InChI is InChI=1S/C12H16N2O3/c1-9(12(16)14-6-2-3-7-14)13-11(15)10-5-4-8-17-10/h4-5,8-9H,2-3,6-7H2,1H3,(H,13,15)/t9-/m1/s1. The minimum absolute atomic E-state index is 0.0255. The fraction of sp³-hybridized carbons (Fsp3) is 0.500. The third kappa shape index (κ3) is 2.67. The Kier molecular flexibility index (Phi) is 3.46. The Labute approximate surface area is 99.8 Å². The maximum atomic E-state index is 11.9. The lowest BCUT2D eigenvalue weighted by molar-refractivity contribution is -0.131. The van der Waals surface area contributed by atoms with Crippen LogP contribution in [0.2, 0.25) is 0 Å². The number of rotatable bonds is 3. The Balaban J connectivity index is 1.90. The molecule has 1 fully saturated rings. The van der Waals surface area contributed by atoms with E-state index in [2.05, 4.69) is 5.32 Å².